The van der Waals surface area contributed by atoms with E-state index in [4.69, 9.17) is 9.97 Å². The molecule has 2 aromatic heterocycles. The lowest BCUT2D eigenvalue weighted by atomic mass is 9.88. The number of hydrogen-bond acceptors (Lipinski definition) is 2. The Morgan fingerprint density at radius 2 is 0.429 bits per heavy atom. The summed E-state index contributed by atoms with van der Waals surface area (Å²) in [7, 11) is 0. The number of rotatable bonds is 11. The van der Waals surface area contributed by atoms with Crippen LogP contribution >= 0.6 is 0 Å². The van der Waals surface area contributed by atoms with Crippen LogP contribution in [-0.4, -0.2) is 19.1 Å². The van der Waals surface area contributed by atoms with Gasteiger partial charge in [-0.05, 0) is 34.4 Å². The predicted molar refractivity (Wildman–Crippen MR) is 290 cm³/mol. The SMILES string of the molecule is c1ccc(-c2nc(-c3ccccc3)n(-c3ccccc3-c3ccccc3-c3ccccc3-c3ccccc3-n3c(-c4ccccc4)nc(-c4ccccc4)c3-c3ccccc3)c2-c2ccccc2)cc1. The molecule has 0 atom stereocenters. The van der Waals surface area contributed by atoms with Crippen LogP contribution in [0, 0.1) is 0 Å². The number of benzene rings is 10. The minimum absolute atomic E-state index is 0.871. The summed E-state index contributed by atoms with van der Waals surface area (Å²) in [6.45, 7) is 0. The van der Waals surface area contributed by atoms with Gasteiger partial charge in [-0.25, -0.2) is 9.97 Å². The molecular formula is C66H46N4. The van der Waals surface area contributed by atoms with Crippen molar-refractivity contribution in [2.45, 2.75) is 0 Å². The highest BCUT2D eigenvalue weighted by Gasteiger charge is 2.27. The quantitative estimate of drug-likeness (QED) is 0.130. The van der Waals surface area contributed by atoms with Crippen LogP contribution in [0.1, 0.15) is 0 Å². The average Bonchev–Trinajstić information content (AvgIpc) is 4.06. The highest BCUT2D eigenvalue weighted by atomic mass is 15.1. The molecule has 12 rings (SSSR count). The molecule has 0 fully saturated rings. The predicted octanol–water partition coefficient (Wildman–Crippen LogP) is 17.1. The van der Waals surface area contributed by atoms with E-state index in [1.165, 1.54) is 0 Å². The van der Waals surface area contributed by atoms with Crippen molar-refractivity contribution in [2.24, 2.45) is 0 Å². The van der Waals surface area contributed by atoms with E-state index in [0.717, 1.165) is 113 Å². The van der Waals surface area contributed by atoms with E-state index in [1.807, 2.05) is 0 Å². The Morgan fingerprint density at radius 1 is 0.200 bits per heavy atom. The van der Waals surface area contributed by atoms with Gasteiger partial charge in [0, 0.05) is 44.5 Å². The van der Waals surface area contributed by atoms with Crippen molar-refractivity contribution in [2.75, 3.05) is 0 Å². The Morgan fingerprint density at radius 3 is 0.743 bits per heavy atom. The fourth-order valence-electron chi connectivity index (χ4n) is 9.89. The molecule has 2 heterocycles. The second-order valence-electron chi connectivity index (χ2n) is 17.3. The molecule has 0 saturated heterocycles. The van der Waals surface area contributed by atoms with Gasteiger partial charge in [0.25, 0.3) is 0 Å². The van der Waals surface area contributed by atoms with Gasteiger partial charge < -0.3 is 0 Å². The lowest BCUT2D eigenvalue weighted by Gasteiger charge is -2.21. The van der Waals surface area contributed by atoms with Crippen LogP contribution in [0.5, 0.6) is 0 Å². The number of aromatic nitrogens is 4. The van der Waals surface area contributed by atoms with Gasteiger partial charge >= 0.3 is 0 Å². The van der Waals surface area contributed by atoms with Gasteiger partial charge in [-0.15, -0.1) is 0 Å². The minimum atomic E-state index is 0.871. The van der Waals surface area contributed by atoms with Crippen molar-refractivity contribution >= 4 is 0 Å². The largest absolute Gasteiger partial charge is 0.291 e. The summed E-state index contributed by atoms with van der Waals surface area (Å²) in [5.74, 6) is 1.74. The van der Waals surface area contributed by atoms with Gasteiger partial charge in [0.1, 0.15) is 11.6 Å². The molecular weight excluding hydrogens is 849 g/mol. The Hall–Kier alpha value is -9.38. The zero-order chi connectivity index (χ0) is 46.6. The van der Waals surface area contributed by atoms with Gasteiger partial charge in [0.05, 0.1) is 34.2 Å². The van der Waals surface area contributed by atoms with E-state index in [9.17, 15) is 0 Å². The number of imidazole rings is 2. The van der Waals surface area contributed by atoms with Crippen LogP contribution in [0.4, 0.5) is 0 Å². The summed E-state index contributed by atoms with van der Waals surface area (Å²) >= 11 is 0. The highest BCUT2D eigenvalue weighted by molar-refractivity contribution is 5.97. The molecule has 0 radical (unpaired) electrons. The number of hydrogen-bond donors (Lipinski definition) is 0. The first-order valence-electron chi connectivity index (χ1n) is 23.8. The van der Waals surface area contributed by atoms with Gasteiger partial charge in [-0.3, -0.25) is 9.13 Å². The minimum Gasteiger partial charge on any atom is -0.291 e. The molecule has 0 unspecified atom stereocenters. The van der Waals surface area contributed by atoms with Crippen molar-refractivity contribution in [3.63, 3.8) is 0 Å². The Balaban J connectivity index is 1.09. The van der Waals surface area contributed by atoms with Crippen LogP contribution in [0.2, 0.25) is 0 Å². The summed E-state index contributed by atoms with van der Waals surface area (Å²) < 4.78 is 4.75. The number of nitrogens with zero attached hydrogens (tertiary/aromatic N) is 4. The Bertz CT molecular complexity index is 3480. The van der Waals surface area contributed by atoms with Crippen LogP contribution in [-0.2, 0) is 0 Å². The van der Waals surface area contributed by atoms with Gasteiger partial charge in [-0.1, -0.05) is 267 Å². The molecule has 4 nitrogen and oxygen atoms in total. The maximum absolute atomic E-state index is 5.55. The van der Waals surface area contributed by atoms with Crippen molar-refractivity contribution < 1.29 is 0 Å². The van der Waals surface area contributed by atoms with E-state index >= 15 is 0 Å². The van der Waals surface area contributed by atoms with Gasteiger partial charge in [-0.2, -0.15) is 0 Å². The zero-order valence-electron chi connectivity index (χ0n) is 38.3. The van der Waals surface area contributed by atoms with Crippen molar-refractivity contribution in [3.8, 4) is 113 Å². The molecule has 4 heteroatoms. The van der Waals surface area contributed by atoms with E-state index in [1.54, 1.807) is 0 Å². The second-order valence-corrected chi connectivity index (χ2v) is 17.3. The fraction of sp³-hybridized carbons (Fsp3) is 0. The molecule has 0 spiro atoms. The first-order chi connectivity index (χ1) is 34.8. The lowest BCUT2D eigenvalue weighted by molar-refractivity contribution is 1.07. The fourth-order valence-corrected chi connectivity index (χ4v) is 9.89. The first kappa shape index (κ1) is 42.0. The van der Waals surface area contributed by atoms with Crippen LogP contribution in [0.25, 0.3) is 113 Å². The molecule has 330 valence electrons. The smallest absolute Gasteiger partial charge is 0.145 e. The molecule has 10 aromatic carbocycles. The van der Waals surface area contributed by atoms with Crippen LogP contribution in [0.3, 0.4) is 0 Å². The topological polar surface area (TPSA) is 35.6 Å². The summed E-state index contributed by atoms with van der Waals surface area (Å²) in [6.07, 6.45) is 0. The van der Waals surface area contributed by atoms with Crippen LogP contribution < -0.4 is 0 Å². The maximum Gasteiger partial charge on any atom is 0.145 e. The monoisotopic (exact) mass is 894 g/mol. The summed E-state index contributed by atoms with van der Waals surface area (Å²) in [6, 6.07) is 98.8. The third-order valence-electron chi connectivity index (χ3n) is 13.0. The summed E-state index contributed by atoms with van der Waals surface area (Å²) in [5, 5.41) is 0. The summed E-state index contributed by atoms with van der Waals surface area (Å²) in [4.78, 5) is 11.1. The van der Waals surface area contributed by atoms with Crippen molar-refractivity contribution in [1.82, 2.24) is 19.1 Å². The summed E-state index contributed by atoms with van der Waals surface area (Å²) in [5.41, 5.74) is 19.0. The molecule has 0 N–H and O–H groups in total. The normalized spacial score (nSPS) is 11.1. The molecule has 0 aliphatic rings. The Kier molecular flexibility index (Phi) is 11.2. The molecule has 70 heavy (non-hydrogen) atoms. The van der Waals surface area contributed by atoms with Gasteiger partial charge in [0.15, 0.2) is 0 Å². The molecule has 0 aliphatic carbocycles. The standard InChI is InChI=1S/C66H46N4/c1-7-27-47(28-8-1)61-63(49-31-11-3-12-32-49)69(65(67-61)51-35-15-5-16-36-51)59-45-25-23-43-57(59)55-41-21-19-39-53(55)54-40-20-22-42-56(54)58-44-24-26-46-60(58)70-64(50-33-13-4-14-34-50)62(48-29-9-2-10-30-48)68-66(70)52-37-17-6-18-38-52/h1-46H. The van der Waals surface area contributed by atoms with Crippen molar-refractivity contribution in [1.29, 1.82) is 0 Å². The lowest BCUT2D eigenvalue weighted by Crippen LogP contribution is -2.04. The van der Waals surface area contributed by atoms with E-state index in [-0.39, 0.29) is 0 Å². The van der Waals surface area contributed by atoms with Gasteiger partial charge in [0.2, 0.25) is 0 Å². The van der Waals surface area contributed by atoms with E-state index < -0.39 is 0 Å². The molecule has 12 aromatic rings. The third-order valence-corrected chi connectivity index (χ3v) is 13.0. The zero-order valence-corrected chi connectivity index (χ0v) is 38.3. The molecule has 0 saturated carbocycles. The van der Waals surface area contributed by atoms with E-state index in [0.29, 0.717) is 0 Å². The van der Waals surface area contributed by atoms with Crippen molar-refractivity contribution in [3.05, 3.63) is 279 Å². The third kappa shape index (κ3) is 7.74. The molecule has 0 amide bonds. The second kappa shape index (κ2) is 18.7. The first-order valence-corrected chi connectivity index (χ1v) is 23.8. The average molecular weight is 895 g/mol. The highest BCUT2D eigenvalue weighted by Crippen LogP contribution is 2.47. The molecule has 0 aliphatic heterocycles. The van der Waals surface area contributed by atoms with E-state index in [2.05, 4.69) is 288 Å². The van der Waals surface area contributed by atoms with Crippen LogP contribution in [0.15, 0.2) is 279 Å². The number of para-hydroxylation sites is 2. The Labute approximate surface area is 408 Å². The maximum atomic E-state index is 5.55. The molecule has 0 bridgehead atoms.